The van der Waals surface area contributed by atoms with Crippen molar-refractivity contribution in [1.82, 2.24) is 34.6 Å². The number of nitrogens with one attached hydrogen (secondary N) is 1. The summed E-state index contributed by atoms with van der Waals surface area (Å²) >= 11 is 0. The van der Waals surface area contributed by atoms with Crippen molar-refractivity contribution in [2.45, 2.75) is 33.9 Å². The molecule has 0 radical (unpaired) electrons. The van der Waals surface area contributed by atoms with Gasteiger partial charge in [0.1, 0.15) is 5.56 Å². The Morgan fingerprint density at radius 3 is 2.77 bits per heavy atom. The van der Waals surface area contributed by atoms with E-state index in [9.17, 15) is 4.79 Å². The van der Waals surface area contributed by atoms with E-state index in [0.29, 0.717) is 24.3 Å². The minimum atomic E-state index is -0.173. The summed E-state index contributed by atoms with van der Waals surface area (Å²) in [7, 11) is 0. The normalized spacial score (nSPS) is 11.4. The summed E-state index contributed by atoms with van der Waals surface area (Å²) in [6, 6.07) is 1.94. The van der Waals surface area contributed by atoms with Gasteiger partial charge in [-0.15, -0.1) is 0 Å². The van der Waals surface area contributed by atoms with Gasteiger partial charge in [-0.1, -0.05) is 13.8 Å². The first kappa shape index (κ1) is 18.1. The van der Waals surface area contributed by atoms with E-state index in [1.165, 1.54) is 0 Å². The number of aryl methyl sites for hydroxylation is 1. The standard InChI is InChI=1S/C18H25N7O/c1-4-23(5-2)12-15-10-20-17-16(11-21-25(17)13-15)18(26)19-7-9-24-8-6-14(3)22-24/h6,8,10-11,13H,4-5,7,9,12H2,1-3H3,(H,19,26). The molecule has 1 amide bonds. The second-order valence-electron chi connectivity index (χ2n) is 6.23. The van der Waals surface area contributed by atoms with Crippen molar-refractivity contribution in [1.29, 1.82) is 0 Å². The maximum atomic E-state index is 12.4. The summed E-state index contributed by atoms with van der Waals surface area (Å²) in [5, 5.41) is 11.5. The molecule has 0 aliphatic rings. The lowest BCUT2D eigenvalue weighted by Crippen LogP contribution is -2.27. The largest absolute Gasteiger partial charge is 0.350 e. The molecule has 0 aromatic carbocycles. The molecule has 0 bridgehead atoms. The molecule has 3 aromatic rings. The van der Waals surface area contributed by atoms with E-state index in [0.717, 1.165) is 30.9 Å². The molecule has 0 unspecified atom stereocenters. The van der Waals surface area contributed by atoms with Gasteiger partial charge in [0.05, 0.1) is 18.4 Å². The van der Waals surface area contributed by atoms with Crippen LogP contribution in [0, 0.1) is 6.92 Å². The first-order valence-electron chi connectivity index (χ1n) is 8.93. The lowest BCUT2D eigenvalue weighted by atomic mass is 10.3. The minimum absolute atomic E-state index is 0.173. The molecule has 0 aliphatic heterocycles. The Bertz CT molecular complexity index is 879. The lowest BCUT2D eigenvalue weighted by molar-refractivity contribution is 0.0953. The summed E-state index contributed by atoms with van der Waals surface area (Å²) in [6.45, 7) is 10.1. The Morgan fingerprint density at radius 2 is 2.08 bits per heavy atom. The second-order valence-corrected chi connectivity index (χ2v) is 6.23. The molecule has 26 heavy (non-hydrogen) atoms. The number of fused-ring (bicyclic) bond motifs is 1. The summed E-state index contributed by atoms with van der Waals surface area (Å²) in [6.07, 6.45) is 7.22. The number of carbonyl (C=O) groups is 1. The SMILES string of the molecule is CCN(CC)Cc1cnc2c(C(=O)NCCn3ccc(C)n3)cnn2c1. The summed E-state index contributed by atoms with van der Waals surface area (Å²) in [4.78, 5) is 19.2. The Hall–Kier alpha value is -2.74. The topological polar surface area (TPSA) is 80.3 Å². The monoisotopic (exact) mass is 355 g/mol. The van der Waals surface area contributed by atoms with Crippen molar-refractivity contribution < 1.29 is 4.79 Å². The predicted octanol–water partition coefficient (Wildman–Crippen LogP) is 1.51. The highest BCUT2D eigenvalue weighted by atomic mass is 16.1. The van der Waals surface area contributed by atoms with E-state index >= 15 is 0 Å². The van der Waals surface area contributed by atoms with Crippen LogP contribution in [0.2, 0.25) is 0 Å². The van der Waals surface area contributed by atoms with Crippen molar-refractivity contribution in [3.05, 3.63) is 47.7 Å². The molecule has 0 atom stereocenters. The fourth-order valence-electron chi connectivity index (χ4n) is 2.83. The Balaban J connectivity index is 1.65. The van der Waals surface area contributed by atoms with Crippen LogP contribution in [0.1, 0.15) is 35.5 Å². The van der Waals surface area contributed by atoms with Crippen LogP contribution in [0.5, 0.6) is 0 Å². The number of amides is 1. The van der Waals surface area contributed by atoms with E-state index in [1.54, 1.807) is 10.7 Å². The van der Waals surface area contributed by atoms with E-state index in [1.807, 2.05) is 36.3 Å². The molecule has 0 saturated heterocycles. The molecule has 0 saturated carbocycles. The fourth-order valence-corrected chi connectivity index (χ4v) is 2.83. The van der Waals surface area contributed by atoms with Crippen LogP contribution < -0.4 is 5.32 Å². The third-order valence-electron chi connectivity index (χ3n) is 4.36. The van der Waals surface area contributed by atoms with Gasteiger partial charge in [-0.25, -0.2) is 9.50 Å². The Morgan fingerprint density at radius 1 is 1.27 bits per heavy atom. The molecule has 8 nitrogen and oxygen atoms in total. The molecule has 3 aromatic heterocycles. The number of carbonyl (C=O) groups excluding carboxylic acids is 1. The number of aromatic nitrogens is 5. The van der Waals surface area contributed by atoms with Gasteiger partial charge in [0.15, 0.2) is 5.65 Å². The third-order valence-corrected chi connectivity index (χ3v) is 4.36. The van der Waals surface area contributed by atoms with Crippen molar-refractivity contribution in [2.24, 2.45) is 0 Å². The van der Waals surface area contributed by atoms with Gasteiger partial charge in [0.25, 0.3) is 5.91 Å². The van der Waals surface area contributed by atoms with Crippen molar-refractivity contribution >= 4 is 11.6 Å². The number of rotatable bonds is 8. The van der Waals surface area contributed by atoms with Crippen LogP contribution in [0.4, 0.5) is 0 Å². The molecule has 8 heteroatoms. The molecular formula is C18H25N7O. The van der Waals surface area contributed by atoms with Gasteiger partial charge in [0, 0.05) is 37.2 Å². The van der Waals surface area contributed by atoms with E-state index in [4.69, 9.17) is 0 Å². The number of hydrogen-bond acceptors (Lipinski definition) is 5. The molecular weight excluding hydrogens is 330 g/mol. The molecule has 0 spiro atoms. The smallest absolute Gasteiger partial charge is 0.256 e. The lowest BCUT2D eigenvalue weighted by Gasteiger charge is -2.17. The molecule has 1 N–H and O–H groups in total. The van der Waals surface area contributed by atoms with Crippen LogP contribution in [0.25, 0.3) is 5.65 Å². The van der Waals surface area contributed by atoms with Gasteiger partial charge in [-0.05, 0) is 26.1 Å². The van der Waals surface area contributed by atoms with Crippen LogP contribution in [0.15, 0.2) is 30.9 Å². The zero-order valence-corrected chi connectivity index (χ0v) is 15.5. The van der Waals surface area contributed by atoms with Gasteiger partial charge in [0.2, 0.25) is 0 Å². The predicted molar refractivity (Wildman–Crippen MR) is 98.9 cm³/mol. The Kier molecular flexibility index (Phi) is 5.62. The molecule has 138 valence electrons. The minimum Gasteiger partial charge on any atom is -0.350 e. The second kappa shape index (κ2) is 8.09. The van der Waals surface area contributed by atoms with Crippen molar-refractivity contribution in [2.75, 3.05) is 19.6 Å². The fraction of sp³-hybridized carbons (Fsp3) is 0.444. The Labute approximate surface area is 152 Å². The maximum absolute atomic E-state index is 12.4. The van der Waals surface area contributed by atoms with Crippen LogP contribution in [0.3, 0.4) is 0 Å². The summed E-state index contributed by atoms with van der Waals surface area (Å²) in [5.41, 5.74) is 3.09. The molecule has 0 aliphatic carbocycles. The van der Waals surface area contributed by atoms with E-state index in [-0.39, 0.29) is 5.91 Å². The average Bonchev–Trinajstić information content (AvgIpc) is 3.25. The van der Waals surface area contributed by atoms with Gasteiger partial charge in [-0.2, -0.15) is 10.2 Å². The van der Waals surface area contributed by atoms with Crippen LogP contribution in [-0.2, 0) is 13.1 Å². The van der Waals surface area contributed by atoms with Crippen molar-refractivity contribution in [3.63, 3.8) is 0 Å². The highest BCUT2D eigenvalue weighted by Gasteiger charge is 2.14. The molecule has 0 fully saturated rings. The zero-order chi connectivity index (χ0) is 18.5. The number of nitrogens with zero attached hydrogens (tertiary/aromatic N) is 6. The highest BCUT2D eigenvalue weighted by Crippen LogP contribution is 2.10. The summed E-state index contributed by atoms with van der Waals surface area (Å²) in [5.74, 6) is -0.173. The van der Waals surface area contributed by atoms with E-state index in [2.05, 4.69) is 39.2 Å². The molecule has 3 rings (SSSR count). The van der Waals surface area contributed by atoms with Crippen molar-refractivity contribution in [3.8, 4) is 0 Å². The quantitative estimate of drug-likeness (QED) is 0.662. The van der Waals surface area contributed by atoms with Crippen LogP contribution in [-0.4, -0.2) is 54.8 Å². The zero-order valence-electron chi connectivity index (χ0n) is 15.5. The van der Waals surface area contributed by atoms with Gasteiger partial charge >= 0.3 is 0 Å². The summed E-state index contributed by atoms with van der Waals surface area (Å²) < 4.78 is 3.48. The van der Waals surface area contributed by atoms with Crippen LogP contribution >= 0.6 is 0 Å². The first-order chi connectivity index (χ1) is 12.6. The van der Waals surface area contributed by atoms with E-state index < -0.39 is 0 Å². The first-order valence-corrected chi connectivity index (χ1v) is 8.93. The highest BCUT2D eigenvalue weighted by molar-refractivity contribution is 5.99. The number of hydrogen-bond donors (Lipinski definition) is 1. The maximum Gasteiger partial charge on any atom is 0.256 e. The van der Waals surface area contributed by atoms with Gasteiger partial charge in [-0.3, -0.25) is 14.4 Å². The van der Waals surface area contributed by atoms with Gasteiger partial charge < -0.3 is 5.32 Å². The average molecular weight is 355 g/mol. The third kappa shape index (κ3) is 4.08. The molecule has 3 heterocycles.